The molecule has 2 aromatic heterocycles. The van der Waals surface area contributed by atoms with E-state index in [1.807, 2.05) is 19.9 Å². The number of nitrogens with one attached hydrogen (secondary N) is 5. The second-order valence-corrected chi connectivity index (χ2v) is 31.6. The number of cyclic esters (lactones) is 1. The van der Waals surface area contributed by atoms with Crippen molar-refractivity contribution < 1.29 is 101 Å². The van der Waals surface area contributed by atoms with Crippen LogP contribution in [0.4, 0.5) is 10.5 Å². The molecule has 122 heavy (non-hydrogen) atoms. The first-order valence-electron chi connectivity index (χ1n) is 39.6. The van der Waals surface area contributed by atoms with Gasteiger partial charge in [0.15, 0.2) is 5.60 Å². The van der Waals surface area contributed by atoms with Gasteiger partial charge in [0.25, 0.3) is 17.4 Å². The lowest BCUT2D eigenvalue weighted by Crippen LogP contribution is -2.56. The van der Waals surface area contributed by atoms with Crippen LogP contribution in [-0.2, 0) is 123 Å². The Labute approximate surface area is 704 Å². The smallest absolute Gasteiger partial charge is 0.407 e. The van der Waals surface area contributed by atoms with Crippen molar-refractivity contribution in [3.63, 3.8) is 0 Å². The summed E-state index contributed by atoms with van der Waals surface area (Å²) in [5.74, 6) is -11.8. The number of hydrogen-bond donors (Lipinski definition) is 6. The molecular formula is C82H108N18O22. The van der Waals surface area contributed by atoms with Crippen LogP contribution in [0.2, 0.25) is 0 Å². The molecule has 0 saturated heterocycles. The summed E-state index contributed by atoms with van der Waals surface area (Å²) in [6.07, 6.45) is 2.76. The highest BCUT2D eigenvalue weighted by Gasteiger charge is 2.46. The molecule has 5 heterocycles. The third-order valence-electron chi connectivity index (χ3n) is 22.0. The third kappa shape index (κ3) is 23.1. The summed E-state index contributed by atoms with van der Waals surface area (Å²) in [7, 11) is 13.3. The van der Waals surface area contributed by atoms with E-state index in [1.165, 1.54) is 82.3 Å². The Bertz CT molecular complexity index is 4930. The molecule has 2 aromatic carbocycles. The number of aryl methyl sites for hydroxylation is 2. The molecule has 3 aliphatic heterocycles. The molecule has 0 unspecified atom stereocenters. The van der Waals surface area contributed by atoms with Crippen LogP contribution in [0.5, 0.6) is 0 Å². The van der Waals surface area contributed by atoms with Crippen molar-refractivity contribution in [3.05, 3.63) is 103 Å². The predicted octanol–water partition coefficient (Wildman–Crippen LogP) is -2.01. The van der Waals surface area contributed by atoms with E-state index in [0.29, 0.717) is 45.8 Å². The molecule has 658 valence electrons. The number of hydrogen-bond acceptors (Lipinski definition) is 23. The van der Waals surface area contributed by atoms with E-state index in [4.69, 9.17) is 14.5 Å². The summed E-state index contributed by atoms with van der Waals surface area (Å²) in [6.45, 7) is 4.59. The van der Waals surface area contributed by atoms with E-state index in [2.05, 4.69) is 26.6 Å². The van der Waals surface area contributed by atoms with Crippen LogP contribution in [0.15, 0.2) is 53.3 Å². The predicted molar refractivity (Wildman–Crippen MR) is 437 cm³/mol. The van der Waals surface area contributed by atoms with E-state index < -0.39 is 195 Å². The normalized spacial score (nSPS) is 15.1. The van der Waals surface area contributed by atoms with Crippen molar-refractivity contribution in [2.24, 2.45) is 5.92 Å². The Hall–Kier alpha value is -13.0. The zero-order valence-electron chi connectivity index (χ0n) is 71.6. The zero-order chi connectivity index (χ0) is 90.4. The van der Waals surface area contributed by atoms with Crippen molar-refractivity contribution in [1.82, 2.24) is 84.7 Å². The van der Waals surface area contributed by atoms with Crippen LogP contribution in [-0.4, -0.2) is 336 Å². The number of carbonyl (C=O) groups is 18. The minimum Gasteiger partial charge on any atom is -0.458 e. The van der Waals surface area contributed by atoms with Gasteiger partial charge < -0.3 is 94.7 Å². The van der Waals surface area contributed by atoms with Gasteiger partial charge >= 0.3 is 12.1 Å². The molecule has 1 aliphatic carbocycles. The summed E-state index contributed by atoms with van der Waals surface area (Å²) >= 11 is 0. The number of fused-ring (bicyclic) bond motifs is 5. The molecule has 0 bridgehead atoms. The zero-order valence-corrected chi connectivity index (χ0v) is 71.6. The number of esters is 1. The molecule has 4 atom stereocenters. The lowest BCUT2D eigenvalue weighted by molar-refractivity contribution is -0.172. The van der Waals surface area contributed by atoms with Crippen molar-refractivity contribution in [2.75, 3.05) is 154 Å². The van der Waals surface area contributed by atoms with Crippen LogP contribution in [0.3, 0.4) is 0 Å². The second-order valence-electron chi connectivity index (χ2n) is 31.6. The van der Waals surface area contributed by atoms with Gasteiger partial charge in [-0.1, -0.05) is 32.9 Å². The molecule has 40 heteroatoms. The lowest BCUT2D eigenvalue weighted by Gasteiger charge is -2.31. The largest absolute Gasteiger partial charge is 0.458 e. The number of unbranched alkanes of at least 4 members (excludes halogenated alkanes) is 1. The van der Waals surface area contributed by atoms with Gasteiger partial charge in [0.1, 0.15) is 31.8 Å². The number of ether oxygens (including phenoxy) is 2. The summed E-state index contributed by atoms with van der Waals surface area (Å²) < 4.78 is 12.6. The van der Waals surface area contributed by atoms with Gasteiger partial charge in [-0.3, -0.25) is 86.4 Å². The first-order chi connectivity index (χ1) is 57.3. The number of nitrogens with zero attached hydrogens (tertiary/aromatic N) is 13. The molecule has 4 aliphatic rings. The van der Waals surface area contributed by atoms with Gasteiger partial charge in [0.2, 0.25) is 82.7 Å². The maximum Gasteiger partial charge on any atom is 0.407 e. The van der Waals surface area contributed by atoms with Gasteiger partial charge in [-0.2, -0.15) is 0 Å². The van der Waals surface area contributed by atoms with E-state index in [1.54, 1.807) is 55.7 Å². The molecule has 4 aromatic rings. The fourth-order valence-electron chi connectivity index (χ4n) is 13.9. The summed E-state index contributed by atoms with van der Waals surface area (Å²) in [5.41, 5.74) is 4.86. The second kappa shape index (κ2) is 40.8. The fraction of sp³-hybridized carbons (Fsp3) is 0.512. The topological polar surface area (TPSA) is 477 Å². The average Bonchev–Trinajstić information content (AvgIpc) is 1.51. The monoisotopic (exact) mass is 1700 g/mol. The highest BCUT2D eigenvalue weighted by Crippen LogP contribution is 2.46. The van der Waals surface area contributed by atoms with E-state index in [9.17, 15) is 96.2 Å². The number of imide groups is 1. The lowest BCUT2D eigenvalue weighted by atomic mass is 9.81. The third-order valence-corrected chi connectivity index (χ3v) is 22.0. The molecular weight excluding hydrogens is 1590 g/mol. The molecule has 0 spiro atoms. The van der Waals surface area contributed by atoms with Crippen LogP contribution in [0.25, 0.3) is 22.3 Å². The number of pyridine rings is 2. The van der Waals surface area contributed by atoms with Crippen LogP contribution in [0, 0.1) is 19.8 Å². The van der Waals surface area contributed by atoms with Crippen molar-refractivity contribution in [3.8, 4) is 11.4 Å². The summed E-state index contributed by atoms with van der Waals surface area (Å²) in [4.78, 5) is 266. The van der Waals surface area contributed by atoms with Gasteiger partial charge in [-0.05, 0) is 110 Å². The SMILES string of the molecule is CC[C@@]1(O)C(=O)OCc2c1cc1n(c2=O)Cc2c-1nc1cc(C)c(C)c3c1c2[C@@H](NC(=O)OCc1ccc(NC(=O)[C@H](CCCCNC(=O)CN(C)C(=O)CN(C)C(=O)CN(C)C(=O)CN(C)C(=O)CN(C)C(=O)CN(C)C(=O)CN(C)C(=O)CN(C)C(=O)CN(C)C(=O)CN(C)C(C)=O)NC(=O)[C@@H](NC(=O)CN2C(=O)C=CC2=O)C(C)C)cc1)CC3. The molecule has 40 nitrogen and oxygen atoms in total. The number of amides is 17. The van der Waals surface area contributed by atoms with E-state index in [0.717, 1.165) is 83.9 Å². The quantitative estimate of drug-likeness (QED) is 0.0142. The van der Waals surface area contributed by atoms with Crippen molar-refractivity contribution in [2.45, 2.75) is 124 Å². The number of aromatic nitrogens is 2. The van der Waals surface area contributed by atoms with Crippen LogP contribution in [0.1, 0.15) is 110 Å². The number of aliphatic hydroxyl groups is 1. The standard InChI is InChI=1S/C82H108N18O22/c1-17-82(120)55-31-59-76-53(32-99(59)79(117)54(55)45-121-80(82)118)74-56(26-25-52-48(5)47(4)30-58(85-76)73(52)74)87-81(119)122-44-50-21-23-51(24-22-50)84-77(115)57(86-78(116)75(46(2)3)88-61(103)34-100-62(104)27-28-63(100)105)20-18-19-29-83-60(102)33-90(8)65(107)36-92(10)67(109)38-94(12)69(111)40-96(14)71(113)42-98(16)72(114)43-97(15)70(112)41-95(13)68(110)39-93(11)66(108)37-91(9)64(106)35-89(7)49(6)101/h21-24,27-28,30-31,46,56-57,75,120H,17-20,25-26,29,32-45H2,1-16H3,(H,83,102)(H,84,115)(H,86,116)(H,87,119)(H,88,103)/t56-,57-,75-,82-/m0/s1. The number of likely N-dealkylation sites (N-methyl/N-ethyl adjacent to an activating group) is 10. The van der Waals surface area contributed by atoms with Crippen molar-refractivity contribution in [1.29, 1.82) is 0 Å². The number of anilines is 1. The molecule has 6 N–H and O–H groups in total. The minimum absolute atomic E-state index is 0.0123. The highest BCUT2D eigenvalue weighted by atomic mass is 16.6. The molecule has 8 rings (SSSR count). The van der Waals surface area contributed by atoms with E-state index in [-0.39, 0.29) is 87.8 Å². The van der Waals surface area contributed by atoms with Gasteiger partial charge in [-0.15, -0.1) is 0 Å². The fourth-order valence-corrected chi connectivity index (χ4v) is 13.9. The number of benzene rings is 2. The Kier molecular flexibility index (Phi) is 31.6. The number of carbonyl (C=O) groups excluding carboxylic acids is 18. The maximum absolute atomic E-state index is 14.3. The van der Waals surface area contributed by atoms with Gasteiger partial charge in [0.05, 0.1) is 101 Å². The molecule has 17 amide bonds. The Morgan fingerprint density at radius 2 is 1.07 bits per heavy atom. The Morgan fingerprint density at radius 3 is 1.54 bits per heavy atom. The average molecular weight is 1700 g/mol. The van der Waals surface area contributed by atoms with Gasteiger partial charge in [-0.25, -0.2) is 14.6 Å². The first kappa shape index (κ1) is 94.4. The Balaban J connectivity index is 0.786. The van der Waals surface area contributed by atoms with Crippen LogP contribution < -0.4 is 32.1 Å². The minimum atomic E-state index is -2.04. The van der Waals surface area contributed by atoms with Crippen molar-refractivity contribution >= 4 is 123 Å². The molecule has 0 saturated carbocycles. The highest BCUT2D eigenvalue weighted by molar-refractivity contribution is 6.14. The first-order valence-corrected chi connectivity index (χ1v) is 39.6. The maximum atomic E-state index is 14.3. The summed E-state index contributed by atoms with van der Waals surface area (Å²) in [5, 5.41) is 26.2. The van der Waals surface area contributed by atoms with Gasteiger partial charge in [0, 0.05) is 118 Å². The van der Waals surface area contributed by atoms with Crippen LogP contribution >= 0.6 is 0 Å². The molecule has 0 fully saturated rings. The number of rotatable bonds is 37. The van der Waals surface area contributed by atoms with E-state index >= 15 is 0 Å². The molecule has 0 radical (unpaired) electrons. The Morgan fingerprint density at radius 1 is 0.598 bits per heavy atom. The summed E-state index contributed by atoms with van der Waals surface area (Å²) in [6, 6.07) is 6.84. The number of alkyl carbamates (subject to hydrolysis) is 1.